The summed E-state index contributed by atoms with van der Waals surface area (Å²) in [5.41, 5.74) is 2.77. The van der Waals surface area contributed by atoms with E-state index >= 15 is 0 Å². The Morgan fingerprint density at radius 1 is 0.973 bits per heavy atom. The molecule has 1 saturated carbocycles. The molecule has 0 bridgehead atoms. The monoisotopic (exact) mass is 521 g/mol. The van der Waals surface area contributed by atoms with E-state index in [4.69, 9.17) is 14.2 Å². The fourth-order valence-corrected chi connectivity index (χ4v) is 5.66. The van der Waals surface area contributed by atoms with Crippen molar-refractivity contribution in [3.05, 3.63) is 88.0 Å². The summed E-state index contributed by atoms with van der Waals surface area (Å²) in [6.45, 7) is 2.80. The number of rotatable bonds is 9. The van der Waals surface area contributed by atoms with E-state index in [-0.39, 0.29) is 11.6 Å². The van der Waals surface area contributed by atoms with E-state index in [1.165, 1.54) is 0 Å². The van der Waals surface area contributed by atoms with Gasteiger partial charge in [0.1, 0.15) is 5.82 Å². The summed E-state index contributed by atoms with van der Waals surface area (Å²) in [4.78, 5) is 23.3. The highest BCUT2D eigenvalue weighted by Gasteiger charge is 2.32. The summed E-state index contributed by atoms with van der Waals surface area (Å²) < 4.78 is 32.4. The molecule has 37 heavy (non-hydrogen) atoms. The summed E-state index contributed by atoms with van der Waals surface area (Å²) in [7, 11) is -3.60. The lowest BCUT2D eigenvalue weighted by molar-refractivity contribution is 0.207. The average molecular weight is 522 g/mol. The zero-order valence-corrected chi connectivity index (χ0v) is 21.8. The van der Waals surface area contributed by atoms with Gasteiger partial charge in [-0.2, -0.15) is 13.4 Å². The van der Waals surface area contributed by atoms with Crippen molar-refractivity contribution >= 4 is 27.2 Å². The Kier molecular flexibility index (Phi) is 7.12. The summed E-state index contributed by atoms with van der Waals surface area (Å²) in [6, 6.07) is 19.8. The second-order valence-electron chi connectivity index (χ2n) is 9.44. The Morgan fingerprint density at radius 3 is 2.30 bits per heavy atom. The quantitative estimate of drug-likeness (QED) is 0.336. The maximum atomic E-state index is 13.6. The van der Waals surface area contributed by atoms with Crippen molar-refractivity contribution in [2.75, 3.05) is 11.6 Å². The number of aromatic nitrogens is 4. The average Bonchev–Trinajstić information content (AvgIpc) is 3.44. The summed E-state index contributed by atoms with van der Waals surface area (Å²) in [6.07, 6.45) is 3.28. The van der Waals surface area contributed by atoms with E-state index in [0.29, 0.717) is 43.0 Å². The molecule has 0 aliphatic heterocycles. The first kappa shape index (κ1) is 25.2. The number of nitrogens with zero attached hydrogens (tertiary/aromatic N) is 4. The fraction of sp³-hybridized carbons (Fsp3) is 0.370. The Balaban J connectivity index is 1.60. The summed E-state index contributed by atoms with van der Waals surface area (Å²) in [5, 5.41) is 3.34. The molecule has 1 N–H and O–H groups in total. The van der Waals surface area contributed by atoms with Crippen LogP contribution in [0.4, 0.5) is 5.95 Å². The van der Waals surface area contributed by atoms with E-state index < -0.39 is 16.2 Å². The molecule has 2 atom stereocenters. The van der Waals surface area contributed by atoms with Gasteiger partial charge in [0.05, 0.1) is 24.9 Å². The molecule has 0 amide bonds. The standard InChI is InChI=1S/C27H31N5O4S/c1-3-31-26(33)24-25(30-27(31)28-21-15-10-16-22(21)36-37(2,34)35)32(18-20-13-8-5-9-14-20)23(29-24)17-19-11-6-4-7-12-19/h4-9,11-14,21-22H,3,10,15-18H2,1-2H3,(H,28,30)/t21-,22-/m1/s1. The van der Waals surface area contributed by atoms with Crippen molar-refractivity contribution in [1.82, 2.24) is 19.1 Å². The summed E-state index contributed by atoms with van der Waals surface area (Å²) in [5.74, 6) is 1.16. The third-order valence-electron chi connectivity index (χ3n) is 6.71. The van der Waals surface area contributed by atoms with Crippen LogP contribution in [-0.4, -0.2) is 45.9 Å². The minimum Gasteiger partial charge on any atom is -0.350 e. The van der Waals surface area contributed by atoms with Gasteiger partial charge in [-0.15, -0.1) is 0 Å². The Labute approximate surface area is 216 Å². The molecular weight excluding hydrogens is 490 g/mol. The van der Waals surface area contributed by atoms with Crippen LogP contribution in [0, 0.1) is 0 Å². The zero-order chi connectivity index (χ0) is 26.0. The van der Waals surface area contributed by atoms with Crippen LogP contribution in [0.5, 0.6) is 0 Å². The van der Waals surface area contributed by atoms with Gasteiger partial charge in [-0.25, -0.2) is 4.98 Å². The van der Waals surface area contributed by atoms with Gasteiger partial charge in [-0.3, -0.25) is 13.5 Å². The van der Waals surface area contributed by atoms with Crippen molar-refractivity contribution in [3.8, 4) is 0 Å². The molecule has 1 fully saturated rings. The smallest absolute Gasteiger partial charge is 0.283 e. The molecule has 5 rings (SSSR count). The fourth-order valence-electron chi connectivity index (χ4n) is 4.98. The highest BCUT2D eigenvalue weighted by atomic mass is 32.2. The van der Waals surface area contributed by atoms with Crippen LogP contribution in [0.15, 0.2) is 65.5 Å². The lowest BCUT2D eigenvalue weighted by Gasteiger charge is -2.22. The largest absolute Gasteiger partial charge is 0.350 e. The molecule has 1 aliphatic carbocycles. The number of hydrogen-bond donors (Lipinski definition) is 1. The molecule has 4 aromatic rings. The second-order valence-corrected chi connectivity index (χ2v) is 11.0. The van der Waals surface area contributed by atoms with Crippen molar-refractivity contribution in [1.29, 1.82) is 0 Å². The summed E-state index contributed by atoms with van der Waals surface area (Å²) >= 11 is 0. The van der Waals surface area contributed by atoms with Crippen LogP contribution in [0.2, 0.25) is 0 Å². The highest BCUT2D eigenvalue weighted by Crippen LogP contribution is 2.27. The van der Waals surface area contributed by atoms with Crippen molar-refractivity contribution in [2.24, 2.45) is 0 Å². The molecular formula is C27H31N5O4S. The molecule has 9 nitrogen and oxygen atoms in total. The molecule has 10 heteroatoms. The highest BCUT2D eigenvalue weighted by molar-refractivity contribution is 7.86. The number of nitrogens with one attached hydrogen (secondary N) is 1. The topological polar surface area (TPSA) is 108 Å². The normalized spacial score (nSPS) is 17.9. The molecule has 0 spiro atoms. The van der Waals surface area contributed by atoms with Crippen molar-refractivity contribution in [3.63, 3.8) is 0 Å². The predicted octanol–water partition coefficient (Wildman–Crippen LogP) is 3.56. The van der Waals surface area contributed by atoms with Gasteiger partial charge in [-0.05, 0) is 37.3 Å². The van der Waals surface area contributed by atoms with Crippen LogP contribution in [0.25, 0.3) is 11.2 Å². The number of anilines is 1. The van der Waals surface area contributed by atoms with Gasteiger partial charge in [0.25, 0.3) is 15.7 Å². The molecule has 2 aromatic carbocycles. The van der Waals surface area contributed by atoms with Crippen LogP contribution in [0.1, 0.15) is 43.1 Å². The molecule has 0 unspecified atom stereocenters. The van der Waals surface area contributed by atoms with E-state index in [1.54, 1.807) is 4.57 Å². The zero-order valence-electron chi connectivity index (χ0n) is 21.0. The number of benzene rings is 2. The third-order valence-corrected chi connectivity index (χ3v) is 7.30. The van der Waals surface area contributed by atoms with Crippen LogP contribution >= 0.6 is 0 Å². The van der Waals surface area contributed by atoms with E-state index in [1.807, 2.05) is 72.2 Å². The maximum absolute atomic E-state index is 13.6. The van der Waals surface area contributed by atoms with E-state index in [2.05, 4.69) is 5.32 Å². The Bertz CT molecular complexity index is 1550. The van der Waals surface area contributed by atoms with Gasteiger partial charge in [0.15, 0.2) is 11.2 Å². The first-order valence-corrected chi connectivity index (χ1v) is 14.4. The van der Waals surface area contributed by atoms with Crippen LogP contribution in [-0.2, 0) is 33.8 Å². The third kappa shape index (κ3) is 5.60. The molecule has 2 aromatic heterocycles. The Morgan fingerprint density at radius 2 is 1.65 bits per heavy atom. The van der Waals surface area contributed by atoms with Gasteiger partial charge in [-0.1, -0.05) is 60.7 Å². The minimum absolute atomic E-state index is 0.227. The molecule has 0 radical (unpaired) electrons. The van der Waals surface area contributed by atoms with Crippen LogP contribution in [0.3, 0.4) is 0 Å². The Hall–Kier alpha value is -3.50. The lowest BCUT2D eigenvalue weighted by atomic mass is 10.1. The predicted molar refractivity (Wildman–Crippen MR) is 143 cm³/mol. The van der Waals surface area contributed by atoms with Crippen molar-refractivity contribution in [2.45, 2.75) is 57.8 Å². The first-order valence-electron chi connectivity index (χ1n) is 12.5. The maximum Gasteiger partial charge on any atom is 0.283 e. The number of imidazole rings is 1. The number of hydrogen-bond acceptors (Lipinski definition) is 7. The molecule has 1 aliphatic rings. The van der Waals surface area contributed by atoms with Gasteiger partial charge >= 0.3 is 0 Å². The van der Waals surface area contributed by atoms with E-state index in [0.717, 1.165) is 36.0 Å². The van der Waals surface area contributed by atoms with E-state index in [9.17, 15) is 13.2 Å². The SMILES string of the molecule is CCn1c(N[C@@H]2CCC[C@H]2OS(C)(=O)=O)nc2c(nc(Cc3ccccc3)n2Cc2ccccc2)c1=O. The second kappa shape index (κ2) is 10.5. The van der Waals surface area contributed by atoms with Crippen molar-refractivity contribution < 1.29 is 12.6 Å². The molecule has 194 valence electrons. The van der Waals surface area contributed by atoms with Gasteiger partial charge < -0.3 is 9.88 Å². The first-order chi connectivity index (χ1) is 17.8. The minimum atomic E-state index is -3.60. The number of fused-ring (bicyclic) bond motifs is 1. The lowest BCUT2D eigenvalue weighted by Crippen LogP contribution is -2.35. The molecule has 0 saturated heterocycles. The van der Waals surface area contributed by atoms with Crippen LogP contribution < -0.4 is 10.9 Å². The van der Waals surface area contributed by atoms with Gasteiger partial charge in [0, 0.05) is 13.0 Å². The van der Waals surface area contributed by atoms with Gasteiger partial charge in [0.2, 0.25) is 5.95 Å². The molecule has 2 heterocycles.